The molecule has 1 aliphatic heterocycles. The molecule has 2 aromatic carbocycles. The summed E-state index contributed by atoms with van der Waals surface area (Å²) in [6.45, 7) is -0.0556. The number of ether oxygens (including phenoxy) is 2. The fourth-order valence-corrected chi connectivity index (χ4v) is 2.48. The molecule has 1 aliphatic rings. The van der Waals surface area contributed by atoms with Crippen LogP contribution in [-0.2, 0) is 19.1 Å². The van der Waals surface area contributed by atoms with Crippen molar-refractivity contribution in [1.29, 1.82) is 0 Å². The fourth-order valence-electron chi connectivity index (χ4n) is 2.48. The van der Waals surface area contributed by atoms with Crippen LogP contribution >= 0.6 is 0 Å². The second-order valence-electron chi connectivity index (χ2n) is 5.56. The Balaban J connectivity index is 1.53. The van der Waals surface area contributed by atoms with Gasteiger partial charge in [-0.05, 0) is 23.3 Å². The minimum atomic E-state index is -0.866. The number of hydrogen-bond donors (Lipinski definition) is 1. The quantitative estimate of drug-likeness (QED) is 0.842. The van der Waals surface area contributed by atoms with Crippen molar-refractivity contribution in [3.05, 3.63) is 60.2 Å². The third-order valence-corrected chi connectivity index (χ3v) is 3.81. The van der Waals surface area contributed by atoms with Crippen molar-refractivity contribution in [2.24, 2.45) is 0 Å². The first kappa shape index (κ1) is 16.7. The molecule has 2 aromatic rings. The summed E-state index contributed by atoms with van der Waals surface area (Å²) in [7, 11) is 0. The maximum Gasteiger partial charge on any atom is 0.347 e. The Morgan fingerprint density at radius 1 is 1.04 bits per heavy atom. The summed E-state index contributed by atoms with van der Waals surface area (Å²) in [4.78, 5) is 35.0. The van der Waals surface area contributed by atoms with Gasteiger partial charge in [0.1, 0.15) is 6.54 Å². The van der Waals surface area contributed by atoms with E-state index in [0.717, 1.165) is 11.1 Å². The number of carbonyl (C=O) groups is 3. The van der Waals surface area contributed by atoms with Gasteiger partial charge in [-0.1, -0.05) is 42.5 Å². The monoisotopic (exact) mass is 339 g/mol. The number of hydrogen-bond acceptors (Lipinski definition) is 5. The molecule has 1 heterocycles. The zero-order chi connectivity index (χ0) is 17.6. The summed E-state index contributed by atoms with van der Waals surface area (Å²) in [5.74, 6) is -1.60. The van der Waals surface area contributed by atoms with E-state index in [9.17, 15) is 14.4 Å². The van der Waals surface area contributed by atoms with Crippen LogP contribution in [0.4, 0.5) is 0 Å². The third-order valence-electron chi connectivity index (χ3n) is 3.81. The van der Waals surface area contributed by atoms with E-state index in [4.69, 9.17) is 9.47 Å². The van der Waals surface area contributed by atoms with E-state index >= 15 is 0 Å². The van der Waals surface area contributed by atoms with Crippen LogP contribution in [0.1, 0.15) is 16.8 Å². The first-order valence-corrected chi connectivity index (χ1v) is 7.93. The molecule has 25 heavy (non-hydrogen) atoms. The van der Waals surface area contributed by atoms with E-state index in [0.29, 0.717) is 12.0 Å². The molecule has 1 N–H and O–H groups in total. The summed E-state index contributed by atoms with van der Waals surface area (Å²) in [5.41, 5.74) is 2.49. The van der Waals surface area contributed by atoms with Gasteiger partial charge in [0.05, 0.1) is 6.61 Å². The summed E-state index contributed by atoms with van der Waals surface area (Å²) < 4.78 is 9.66. The number of rotatable bonds is 5. The van der Waals surface area contributed by atoms with Crippen LogP contribution in [0.25, 0.3) is 11.1 Å². The zero-order valence-corrected chi connectivity index (χ0v) is 13.4. The van der Waals surface area contributed by atoms with Gasteiger partial charge in [-0.2, -0.15) is 0 Å². The normalized spacial score (nSPS) is 16.2. The molecular formula is C19H17NO5. The van der Waals surface area contributed by atoms with Crippen molar-refractivity contribution >= 4 is 17.8 Å². The molecule has 0 unspecified atom stereocenters. The molecule has 1 atom stereocenters. The number of benzene rings is 2. The lowest BCUT2D eigenvalue weighted by atomic mass is 10.0. The highest BCUT2D eigenvalue weighted by Crippen LogP contribution is 2.19. The maximum absolute atomic E-state index is 12.1. The van der Waals surface area contributed by atoms with E-state index in [1.54, 1.807) is 12.1 Å². The van der Waals surface area contributed by atoms with Gasteiger partial charge in [0.2, 0.25) is 6.10 Å². The first-order valence-electron chi connectivity index (χ1n) is 7.93. The number of carbonyl (C=O) groups excluding carboxylic acids is 3. The molecule has 6 heteroatoms. The summed E-state index contributed by atoms with van der Waals surface area (Å²) in [6, 6.07) is 16.9. The van der Waals surface area contributed by atoms with Crippen molar-refractivity contribution in [3.8, 4) is 11.1 Å². The molecule has 1 fully saturated rings. The first-order chi connectivity index (χ1) is 12.1. The Labute approximate surface area is 144 Å². The Bertz CT molecular complexity index is 770. The second kappa shape index (κ2) is 7.61. The number of esters is 2. The van der Waals surface area contributed by atoms with Gasteiger partial charge in [0.25, 0.3) is 5.91 Å². The molecule has 0 spiro atoms. The molecule has 3 rings (SSSR count). The Morgan fingerprint density at radius 2 is 1.72 bits per heavy atom. The lowest BCUT2D eigenvalue weighted by molar-refractivity contribution is -0.159. The number of amides is 1. The van der Waals surface area contributed by atoms with Crippen LogP contribution in [0, 0.1) is 0 Å². The molecule has 0 aliphatic carbocycles. The molecule has 6 nitrogen and oxygen atoms in total. The van der Waals surface area contributed by atoms with E-state index in [1.165, 1.54) is 0 Å². The highest BCUT2D eigenvalue weighted by Gasteiger charge is 2.30. The Hall–Kier alpha value is -3.15. The van der Waals surface area contributed by atoms with Crippen molar-refractivity contribution in [1.82, 2.24) is 5.32 Å². The predicted octanol–water partition coefficient (Wildman–Crippen LogP) is 1.94. The van der Waals surface area contributed by atoms with Crippen LogP contribution < -0.4 is 5.32 Å². The predicted molar refractivity (Wildman–Crippen MR) is 89.7 cm³/mol. The largest absolute Gasteiger partial charge is 0.463 e. The van der Waals surface area contributed by atoms with Crippen LogP contribution in [0.2, 0.25) is 0 Å². The third kappa shape index (κ3) is 4.23. The van der Waals surface area contributed by atoms with Gasteiger partial charge in [-0.15, -0.1) is 0 Å². The standard InChI is InChI=1S/C19H17NO5/c21-17(25-16-10-11-24-19(16)23)12-20-18(22)15-8-6-14(7-9-15)13-4-2-1-3-5-13/h1-9,16H,10-12H2,(H,20,22)/t16-/m0/s1. The molecule has 0 radical (unpaired) electrons. The smallest absolute Gasteiger partial charge is 0.347 e. The van der Waals surface area contributed by atoms with Crippen LogP contribution in [-0.4, -0.2) is 37.1 Å². The Kier molecular flexibility index (Phi) is 5.09. The SMILES string of the molecule is O=C(CNC(=O)c1ccc(-c2ccccc2)cc1)O[C@H]1CCOC1=O. The van der Waals surface area contributed by atoms with Gasteiger partial charge in [0, 0.05) is 12.0 Å². The van der Waals surface area contributed by atoms with Gasteiger partial charge < -0.3 is 14.8 Å². The molecule has 128 valence electrons. The average molecular weight is 339 g/mol. The van der Waals surface area contributed by atoms with Crippen molar-refractivity contribution in [3.63, 3.8) is 0 Å². The molecule has 1 amide bonds. The van der Waals surface area contributed by atoms with E-state index in [2.05, 4.69) is 5.32 Å². The molecule has 0 bridgehead atoms. The van der Waals surface area contributed by atoms with Gasteiger partial charge in [-0.3, -0.25) is 9.59 Å². The minimum Gasteiger partial charge on any atom is -0.463 e. The van der Waals surface area contributed by atoms with Crippen LogP contribution in [0.5, 0.6) is 0 Å². The van der Waals surface area contributed by atoms with Gasteiger partial charge in [0.15, 0.2) is 0 Å². The van der Waals surface area contributed by atoms with Gasteiger partial charge in [-0.25, -0.2) is 4.79 Å². The molecule has 0 aromatic heterocycles. The van der Waals surface area contributed by atoms with E-state index in [-0.39, 0.29) is 19.1 Å². The van der Waals surface area contributed by atoms with Crippen LogP contribution in [0.15, 0.2) is 54.6 Å². The number of cyclic esters (lactones) is 1. The highest BCUT2D eigenvalue weighted by molar-refractivity contribution is 5.96. The topological polar surface area (TPSA) is 81.7 Å². The lowest BCUT2D eigenvalue weighted by Crippen LogP contribution is -2.33. The van der Waals surface area contributed by atoms with E-state index < -0.39 is 18.0 Å². The van der Waals surface area contributed by atoms with Crippen molar-refractivity contribution in [2.45, 2.75) is 12.5 Å². The molecule has 0 saturated carbocycles. The minimum absolute atomic E-state index is 0.247. The second-order valence-corrected chi connectivity index (χ2v) is 5.56. The zero-order valence-electron chi connectivity index (χ0n) is 13.4. The highest BCUT2D eigenvalue weighted by atomic mass is 16.6. The van der Waals surface area contributed by atoms with Gasteiger partial charge >= 0.3 is 11.9 Å². The van der Waals surface area contributed by atoms with E-state index in [1.807, 2.05) is 42.5 Å². The average Bonchev–Trinajstić information content (AvgIpc) is 3.05. The molecule has 1 saturated heterocycles. The lowest BCUT2D eigenvalue weighted by Gasteiger charge is -2.09. The summed E-state index contributed by atoms with van der Waals surface area (Å²) in [5, 5.41) is 2.48. The molecular weight excluding hydrogens is 322 g/mol. The van der Waals surface area contributed by atoms with Crippen molar-refractivity contribution in [2.75, 3.05) is 13.2 Å². The van der Waals surface area contributed by atoms with Crippen LogP contribution in [0.3, 0.4) is 0 Å². The summed E-state index contributed by atoms with van der Waals surface area (Å²) in [6.07, 6.45) is -0.519. The maximum atomic E-state index is 12.1. The van der Waals surface area contributed by atoms with Crippen molar-refractivity contribution < 1.29 is 23.9 Å². The number of nitrogens with one attached hydrogen (secondary N) is 1. The fraction of sp³-hybridized carbons (Fsp3) is 0.211. The Morgan fingerprint density at radius 3 is 2.36 bits per heavy atom. The summed E-state index contributed by atoms with van der Waals surface area (Å²) >= 11 is 0.